The van der Waals surface area contributed by atoms with Crippen LogP contribution in [0.4, 0.5) is 0 Å². The third-order valence-electron chi connectivity index (χ3n) is 1.62. The molecular formula is C9H12OS. The van der Waals surface area contributed by atoms with Crippen LogP contribution in [0.5, 0.6) is 0 Å². The maximum atomic E-state index is 9.58. The highest BCUT2D eigenvalue weighted by molar-refractivity contribution is 7.10. The number of aryl methyl sites for hydroxylation is 1. The Hall–Kier alpha value is -0.600. The van der Waals surface area contributed by atoms with E-state index in [0.717, 1.165) is 16.0 Å². The summed E-state index contributed by atoms with van der Waals surface area (Å²) < 4.78 is 0. The SMILES string of the molecule is C=C(C)C(O)c1sccc1C. The van der Waals surface area contributed by atoms with Crippen LogP contribution in [0.15, 0.2) is 23.6 Å². The van der Waals surface area contributed by atoms with Gasteiger partial charge in [0, 0.05) is 4.88 Å². The molecule has 0 radical (unpaired) electrons. The summed E-state index contributed by atoms with van der Waals surface area (Å²) in [4.78, 5) is 1.01. The van der Waals surface area contributed by atoms with Gasteiger partial charge < -0.3 is 5.11 Å². The third kappa shape index (κ3) is 1.70. The maximum Gasteiger partial charge on any atom is 0.109 e. The lowest BCUT2D eigenvalue weighted by molar-refractivity contribution is 0.219. The number of aliphatic hydroxyl groups excluding tert-OH is 1. The van der Waals surface area contributed by atoms with E-state index in [1.54, 1.807) is 11.3 Å². The van der Waals surface area contributed by atoms with E-state index in [2.05, 4.69) is 6.58 Å². The molecule has 0 aliphatic carbocycles. The minimum atomic E-state index is -0.477. The van der Waals surface area contributed by atoms with E-state index in [0.29, 0.717) is 0 Å². The van der Waals surface area contributed by atoms with Crippen molar-refractivity contribution in [3.8, 4) is 0 Å². The molecule has 0 amide bonds. The predicted molar refractivity (Wildman–Crippen MR) is 48.8 cm³/mol. The highest BCUT2D eigenvalue weighted by Crippen LogP contribution is 2.27. The molecule has 1 rings (SSSR count). The lowest BCUT2D eigenvalue weighted by Gasteiger charge is -2.08. The van der Waals surface area contributed by atoms with E-state index in [4.69, 9.17) is 0 Å². The average Bonchev–Trinajstić information content (AvgIpc) is 2.33. The molecule has 1 aromatic rings. The van der Waals surface area contributed by atoms with Gasteiger partial charge in [0.15, 0.2) is 0 Å². The Bertz CT molecular complexity index is 262. The summed E-state index contributed by atoms with van der Waals surface area (Å²) >= 11 is 1.58. The van der Waals surface area contributed by atoms with E-state index < -0.39 is 6.10 Å². The third-order valence-corrected chi connectivity index (χ3v) is 2.69. The smallest absolute Gasteiger partial charge is 0.109 e. The quantitative estimate of drug-likeness (QED) is 0.673. The molecule has 0 fully saturated rings. The second-order valence-electron chi connectivity index (χ2n) is 2.72. The van der Waals surface area contributed by atoms with Gasteiger partial charge in [-0.3, -0.25) is 0 Å². The monoisotopic (exact) mass is 168 g/mol. The van der Waals surface area contributed by atoms with Gasteiger partial charge in [0.05, 0.1) is 0 Å². The fourth-order valence-electron chi connectivity index (χ4n) is 0.888. The molecule has 0 bridgehead atoms. The molecule has 1 atom stereocenters. The van der Waals surface area contributed by atoms with Crippen LogP contribution in [0.25, 0.3) is 0 Å². The van der Waals surface area contributed by atoms with Gasteiger partial charge in [-0.1, -0.05) is 6.58 Å². The molecule has 1 unspecified atom stereocenters. The summed E-state index contributed by atoms with van der Waals surface area (Å²) in [5.41, 5.74) is 1.95. The highest BCUT2D eigenvalue weighted by Gasteiger charge is 2.11. The average molecular weight is 168 g/mol. The fourth-order valence-corrected chi connectivity index (χ4v) is 1.89. The van der Waals surface area contributed by atoms with Crippen LogP contribution in [0, 0.1) is 6.92 Å². The molecule has 0 saturated heterocycles. The van der Waals surface area contributed by atoms with Crippen molar-refractivity contribution in [3.63, 3.8) is 0 Å². The summed E-state index contributed by atoms with van der Waals surface area (Å²) in [5.74, 6) is 0. The van der Waals surface area contributed by atoms with Gasteiger partial charge >= 0.3 is 0 Å². The van der Waals surface area contributed by atoms with Gasteiger partial charge in [0.2, 0.25) is 0 Å². The first-order valence-corrected chi connectivity index (χ1v) is 4.38. The van der Waals surface area contributed by atoms with Crippen molar-refractivity contribution in [3.05, 3.63) is 34.0 Å². The second kappa shape index (κ2) is 3.20. The van der Waals surface area contributed by atoms with Gasteiger partial charge in [-0.2, -0.15) is 0 Å². The van der Waals surface area contributed by atoms with E-state index in [9.17, 15) is 5.11 Å². The van der Waals surface area contributed by atoms with E-state index in [1.807, 2.05) is 25.3 Å². The Kier molecular flexibility index (Phi) is 2.47. The summed E-state index contributed by atoms with van der Waals surface area (Å²) in [5, 5.41) is 11.6. The molecule has 11 heavy (non-hydrogen) atoms. The Morgan fingerprint density at radius 1 is 1.73 bits per heavy atom. The van der Waals surface area contributed by atoms with Gasteiger partial charge in [-0.15, -0.1) is 11.3 Å². The Labute approximate surface area is 71.0 Å². The summed E-state index contributed by atoms with van der Waals surface area (Å²) in [6.45, 7) is 7.54. The fraction of sp³-hybridized carbons (Fsp3) is 0.333. The molecule has 1 N–H and O–H groups in total. The molecule has 0 aromatic carbocycles. The largest absolute Gasteiger partial charge is 0.383 e. The molecule has 1 nitrogen and oxygen atoms in total. The second-order valence-corrected chi connectivity index (χ2v) is 3.66. The van der Waals surface area contributed by atoms with Gasteiger partial charge in [-0.25, -0.2) is 0 Å². The van der Waals surface area contributed by atoms with Gasteiger partial charge in [-0.05, 0) is 36.4 Å². The Morgan fingerprint density at radius 3 is 2.73 bits per heavy atom. The normalized spacial score (nSPS) is 13.0. The van der Waals surface area contributed by atoms with Crippen molar-refractivity contribution in [1.82, 2.24) is 0 Å². The van der Waals surface area contributed by atoms with Crippen LogP contribution < -0.4 is 0 Å². The topological polar surface area (TPSA) is 20.2 Å². The van der Waals surface area contributed by atoms with Crippen molar-refractivity contribution in [1.29, 1.82) is 0 Å². The zero-order valence-corrected chi connectivity index (χ0v) is 7.61. The van der Waals surface area contributed by atoms with Crippen LogP contribution in [0.1, 0.15) is 23.5 Å². The van der Waals surface area contributed by atoms with Gasteiger partial charge in [0.1, 0.15) is 6.10 Å². The van der Waals surface area contributed by atoms with Crippen molar-refractivity contribution < 1.29 is 5.11 Å². The van der Waals surface area contributed by atoms with Crippen LogP contribution in [0.2, 0.25) is 0 Å². The highest BCUT2D eigenvalue weighted by atomic mass is 32.1. The summed E-state index contributed by atoms with van der Waals surface area (Å²) in [6, 6.07) is 2.01. The van der Waals surface area contributed by atoms with E-state index in [1.165, 1.54) is 0 Å². The predicted octanol–water partition coefficient (Wildman–Crippen LogP) is 2.67. The van der Waals surface area contributed by atoms with Crippen molar-refractivity contribution >= 4 is 11.3 Å². The first-order chi connectivity index (χ1) is 5.13. The molecule has 0 aliphatic rings. The molecule has 2 heteroatoms. The van der Waals surface area contributed by atoms with E-state index in [-0.39, 0.29) is 0 Å². The minimum absolute atomic E-state index is 0.477. The standard InChI is InChI=1S/C9H12OS/c1-6(2)8(10)9-7(3)4-5-11-9/h4-5,8,10H,1H2,2-3H3. The summed E-state index contributed by atoms with van der Waals surface area (Å²) in [6.07, 6.45) is -0.477. The molecular weight excluding hydrogens is 156 g/mol. The van der Waals surface area contributed by atoms with Crippen LogP contribution in [-0.2, 0) is 0 Å². The number of hydrogen-bond acceptors (Lipinski definition) is 2. The Morgan fingerprint density at radius 2 is 2.36 bits per heavy atom. The van der Waals surface area contributed by atoms with Gasteiger partial charge in [0.25, 0.3) is 0 Å². The maximum absolute atomic E-state index is 9.58. The molecule has 0 saturated carbocycles. The number of thiophene rings is 1. The molecule has 60 valence electrons. The van der Waals surface area contributed by atoms with E-state index >= 15 is 0 Å². The van der Waals surface area contributed by atoms with Crippen LogP contribution in [-0.4, -0.2) is 5.11 Å². The lowest BCUT2D eigenvalue weighted by atomic mass is 10.1. The number of hydrogen-bond donors (Lipinski definition) is 1. The van der Waals surface area contributed by atoms with Crippen molar-refractivity contribution in [2.24, 2.45) is 0 Å². The zero-order chi connectivity index (χ0) is 8.43. The number of rotatable bonds is 2. The first-order valence-electron chi connectivity index (χ1n) is 3.50. The van der Waals surface area contributed by atoms with Crippen LogP contribution in [0.3, 0.4) is 0 Å². The first kappa shape index (κ1) is 8.50. The summed E-state index contributed by atoms with van der Waals surface area (Å²) in [7, 11) is 0. The molecule has 1 heterocycles. The minimum Gasteiger partial charge on any atom is -0.383 e. The molecule has 0 aliphatic heterocycles. The molecule has 1 aromatic heterocycles. The van der Waals surface area contributed by atoms with Crippen LogP contribution >= 0.6 is 11.3 Å². The lowest BCUT2D eigenvalue weighted by Crippen LogP contribution is -1.96. The molecule has 0 spiro atoms. The number of aliphatic hydroxyl groups is 1. The zero-order valence-electron chi connectivity index (χ0n) is 6.79. The van der Waals surface area contributed by atoms with Crippen molar-refractivity contribution in [2.45, 2.75) is 20.0 Å². The van der Waals surface area contributed by atoms with Crippen molar-refractivity contribution in [2.75, 3.05) is 0 Å². The Balaban J connectivity index is 2.92.